The fourth-order valence-electron chi connectivity index (χ4n) is 9.33. The van der Waals surface area contributed by atoms with Gasteiger partial charge in [0.25, 0.3) is 0 Å². The lowest BCUT2D eigenvalue weighted by atomic mass is 9.65. The van der Waals surface area contributed by atoms with E-state index in [1.165, 1.54) is 55.6 Å². The number of hydrogen-bond donors (Lipinski definition) is 0. The van der Waals surface area contributed by atoms with Crippen molar-refractivity contribution in [1.29, 1.82) is 0 Å². The molecule has 7 aromatic carbocycles. The van der Waals surface area contributed by atoms with E-state index in [-0.39, 0.29) is 5.41 Å². The van der Waals surface area contributed by atoms with E-state index in [0.29, 0.717) is 5.82 Å². The summed E-state index contributed by atoms with van der Waals surface area (Å²) in [6, 6.07) is 60.9. The predicted octanol–water partition coefficient (Wildman–Crippen LogP) is 12.3. The van der Waals surface area contributed by atoms with Gasteiger partial charge in [-0.15, -0.1) is 0 Å². The van der Waals surface area contributed by atoms with E-state index in [9.17, 15) is 0 Å². The van der Waals surface area contributed by atoms with Gasteiger partial charge in [0.2, 0.25) is 0 Å². The van der Waals surface area contributed by atoms with Crippen molar-refractivity contribution in [3.05, 3.63) is 203 Å². The molecule has 11 rings (SSSR count). The van der Waals surface area contributed by atoms with Crippen molar-refractivity contribution in [3.63, 3.8) is 0 Å². The Bertz CT molecular complexity index is 2680. The summed E-state index contributed by atoms with van der Waals surface area (Å²) in [4.78, 5) is 10.2. The topological polar surface area (TPSA) is 35.0 Å². The van der Waals surface area contributed by atoms with Crippen LogP contribution in [0.2, 0.25) is 0 Å². The minimum Gasteiger partial charge on any atom is -0.457 e. The maximum absolute atomic E-state index is 6.90. The Morgan fingerprint density at radius 3 is 1.64 bits per heavy atom. The number of ether oxygens (including phenoxy) is 1. The van der Waals surface area contributed by atoms with Gasteiger partial charge in [-0.2, -0.15) is 0 Å². The van der Waals surface area contributed by atoms with E-state index in [1.807, 2.05) is 24.3 Å². The Labute approximate surface area is 309 Å². The number of para-hydroxylation sites is 1. The minimum absolute atomic E-state index is 0.229. The summed E-state index contributed by atoms with van der Waals surface area (Å²) in [5.41, 5.74) is 16.8. The van der Waals surface area contributed by atoms with E-state index in [0.717, 1.165) is 39.6 Å². The molecule has 3 nitrogen and oxygen atoms in total. The van der Waals surface area contributed by atoms with Crippen molar-refractivity contribution in [2.75, 3.05) is 0 Å². The number of benzene rings is 7. The van der Waals surface area contributed by atoms with E-state index < -0.39 is 5.41 Å². The Morgan fingerprint density at radius 2 is 0.943 bits per heavy atom. The van der Waals surface area contributed by atoms with Crippen molar-refractivity contribution in [3.8, 4) is 67.7 Å². The molecule has 0 saturated carbocycles. The first-order valence-corrected chi connectivity index (χ1v) is 18.3. The Balaban J connectivity index is 1.15. The third-order valence-corrected chi connectivity index (χ3v) is 11.8. The molecule has 0 atom stereocenters. The van der Waals surface area contributed by atoms with Crippen LogP contribution in [0, 0.1) is 0 Å². The van der Waals surface area contributed by atoms with Crippen molar-refractivity contribution in [1.82, 2.24) is 9.97 Å². The summed E-state index contributed by atoms with van der Waals surface area (Å²) < 4.78 is 6.90. The zero-order valence-electron chi connectivity index (χ0n) is 29.5. The lowest BCUT2D eigenvalue weighted by molar-refractivity contribution is 0.435. The largest absolute Gasteiger partial charge is 0.457 e. The zero-order valence-corrected chi connectivity index (χ0v) is 29.5. The van der Waals surface area contributed by atoms with E-state index in [2.05, 4.69) is 159 Å². The Morgan fingerprint density at radius 1 is 0.377 bits per heavy atom. The van der Waals surface area contributed by atoms with Gasteiger partial charge in [0, 0.05) is 33.2 Å². The maximum atomic E-state index is 6.90. The maximum Gasteiger partial charge on any atom is 0.160 e. The molecule has 0 N–H and O–H groups in total. The van der Waals surface area contributed by atoms with Gasteiger partial charge in [-0.1, -0.05) is 153 Å². The Hall–Kier alpha value is -6.58. The second kappa shape index (κ2) is 11.0. The first-order valence-electron chi connectivity index (χ1n) is 18.3. The monoisotopic (exact) mass is 678 g/mol. The molecule has 2 heterocycles. The standard InChI is InChI=1S/C50H34N2O/c1-49(2)38-26-25-33(45-30-44(31-15-5-3-6-16-31)51-48(52-45)32-17-7-4-8-18-32)27-36(38)37-28-43-47(29-42(37)49)53-46-24-14-13-23-41(46)50(43)39-21-11-9-19-34(39)35-20-10-12-22-40(35)50/h3-30H,1-2H3. The third kappa shape index (κ3) is 4.16. The molecule has 1 aliphatic heterocycles. The third-order valence-electron chi connectivity index (χ3n) is 11.8. The molecular formula is C50H34N2O. The molecule has 0 unspecified atom stereocenters. The summed E-state index contributed by atoms with van der Waals surface area (Å²) in [6.45, 7) is 4.67. The molecule has 0 saturated heterocycles. The number of nitrogens with zero attached hydrogens (tertiary/aromatic N) is 2. The molecule has 1 aromatic heterocycles. The fourth-order valence-corrected chi connectivity index (χ4v) is 9.33. The van der Waals surface area contributed by atoms with Crippen LogP contribution < -0.4 is 4.74 Å². The van der Waals surface area contributed by atoms with Crippen LogP contribution in [0.3, 0.4) is 0 Å². The van der Waals surface area contributed by atoms with Gasteiger partial charge in [-0.05, 0) is 74.8 Å². The lowest BCUT2D eigenvalue weighted by Gasteiger charge is -2.40. The van der Waals surface area contributed by atoms with E-state index in [1.54, 1.807) is 0 Å². The zero-order chi connectivity index (χ0) is 35.3. The molecule has 0 fully saturated rings. The van der Waals surface area contributed by atoms with Crippen molar-refractivity contribution >= 4 is 0 Å². The van der Waals surface area contributed by atoms with Gasteiger partial charge in [0.05, 0.1) is 16.8 Å². The average molecular weight is 679 g/mol. The second-order valence-electron chi connectivity index (χ2n) is 14.9. The molecule has 8 aromatic rings. The molecule has 0 bridgehead atoms. The summed E-state index contributed by atoms with van der Waals surface area (Å²) in [5, 5.41) is 0. The van der Waals surface area contributed by atoms with E-state index in [4.69, 9.17) is 14.7 Å². The average Bonchev–Trinajstić information content (AvgIpc) is 3.63. The summed E-state index contributed by atoms with van der Waals surface area (Å²) in [6.07, 6.45) is 0. The minimum atomic E-state index is -0.515. The van der Waals surface area contributed by atoms with Crippen LogP contribution in [0.15, 0.2) is 170 Å². The SMILES string of the molecule is CC1(C)c2ccc(-c3cc(-c4ccccc4)nc(-c4ccccc4)n3)cc2-c2cc3c(cc21)Oc1ccccc1C31c2ccccc2-c2ccccc21. The van der Waals surface area contributed by atoms with Crippen LogP contribution in [0.1, 0.15) is 47.2 Å². The van der Waals surface area contributed by atoms with Crippen molar-refractivity contribution in [2.24, 2.45) is 0 Å². The van der Waals surface area contributed by atoms with Gasteiger partial charge < -0.3 is 4.74 Å². The van der Waals surface area contributed by atoms with Crippen LogP contribution in [0.5, 0.6) is 11.5 Å². The van der Waals surface area contributed by atoms with Gasteiger partial charge in [-0.25, -0.2) is 9.97 Å². The summed E-state index contributed by atoms with van der Waals surface area (Å²) >= 11 is 0. The second-order valence-corrected chi connectivity index (χ2v) is 14.9. The van der Waals surface area contributed by atoms with Crippen LogP contribution in [-0.2, 0) is 10.8 Å². The number of fused-ring (bicyclic) bond motifs is 12. The number of hydrogen-bond acceptors (Lipinski definition) is 3. The molecule has 53 heavy (non-hydrogen) atoms. The van der Waals surface area contributed by atoms with Gasteiger partial charge in [0.1, 0.15) is 11.5 Å². The number of aromatic nitrogens is 2. The van der Waals surface area contributed by atoms with Crippen LogP contribution in [0.4, 0.5) is 0 Å². The quantitative estimate of drug-likeness (QED) is 0.187. The molecule has 3 aliphatic rings. The first-order chi connectivity index (χ1) is 26.0. The molecule has 1 spiro atoms. The van der Waals surface area contributed by atoms with Gasteiger partial charge >= 0.3 is 0 Å². The molecule has 0 amide bonds. The molecule has 0 radical (unpaired) electrons. The highest BCUT2D eigenvalue weighted by Gasteiger charge is 2.52. The normalized spacial score (nSPS) is 14.7. The molecule has 2 aliphatic carbocycles. The fraction of sp³-hybridized carbons (Fsp3) is 0.0800. The van der Waals surface area contributed by atoms with Crippen molar-refractivity contribution < 1.29 is 4.74 Å². The van der Waals surface area contributed by atoms with Gasteiger partial charge in [0.15, 0.2) is 5.82 Å². The molecular weight excluding hydrogens is 645 g/mol. The summed E-state index contributed by atoms with van der Waals surface area (Å²) in [7, 11) is 0. The van der Waals surface area contributed by atoms with Crippen LogP contribution >= 0.6 is 0 Å². The van der Waals surface area contributed by atoms with Crippen molar-refractivity contribution in [2.45, 2.75) is 24.7 Å². The Kier molecular flexibility index (Phi) is 6.22. The van der Waals surface area contributed by atoms with Crippen LogP contribution in [0.25, 0.3) is 56.2 Å². The lowest BCUT2D eigenvalue weighted by Crippen LogP contribution is -2.32. The highest BCUT2D eigenvalue weighted by molar-refractivity contribution is 5.92. The number of rotatable bonds is 3. The van der Waals surface area contributed by atoms with Crippen LogP contribution in [-0.4, -0.2) is 9.97 Å². The highest BCUT2D eigenvalue weighted by atomic mass is 16.5. The van der Waals surface area contributed by atoms with Gasteiger partial charge in [-0.3, -0.25) is 0 Å². The molecule has 250 valence electrons. The highest BCUT2D eigenvalue weighted by Crippen LogP contribution is 2.64. The first kappa shape index (κ1) is 30.1. The van der Waals surface area contributed by atoms with E-state index >= 15 is 0 Å². The smallest absolute Gasteiger partial charge is 0.160 e. The molecule has 3 heteroatoms. The summed E-state index contributed by atoms with van der Waals surface area (Å²) in [5.74, 6) is 2.55. The predicted molar refractivity (Wildman–Crippen MR) is 213 cm³/mol.